The number of nitrogens with two attached hydrogens (primary N) is 2. The van der Waals surface area contributed by atoms with Gasteiger partial charge in [0, 0.05) is 18.5 Å². The Hall–Kier alpha value is -2.96. The van der Waals surface area contributed by atoms with Crippen molar-refractivity contribution in [3.05, 3.63) is 33.8 Å². The number of carboxylic acid groups (broad SMARTS) is 2. The quantitative estimate of drug-likeness (QED) is 0.183. The lowest BCUT2D eigenvalue weighted by Gasteiger charge is -2.34. The van der Waals surface area contributed by atoms with Gasteiger partial charge in [0.05, 0.1) is 4.88 Å². The molecule has 0 saturated heterocycles. The molecular formula is C19H26N6O5S. The van der Waals surface area contributed by atoms with Crippen LogP contribution in [0.4, 0.5) is 0 Å². The number of nitrogens with zero attached hydrogens (tertiary/aromatic N) is 1. The Morgan fingerprint density at radius 3 is 2.77 bits per heavy atom. The summed E-state index contributed by atoms with van der Waals surface area (Å²) in [7, 11) is 0. The predicted molar refractivity (Wildman–Crippen MR) is 114 cm³/mol. The van der Waals surface area contributed by atoms with Crippen LogP contribution in [0.25, 0.3) is 0 Å². The zero-order chi connectivity index (χ0) is 22.6. The summed E-state index contributed by atoms with van der Waals surface area (Å²) in [6.07, 6.45) is -0.153. The highest BCUT2D eigenvalue weighted by Crippen LogP contribution is 2.27. The van der Waals surface area contributed by atoms with Crippen LogP contribution in [-0.2, 0) is 9.59 Å². The summed E-state index contributed by atoms with van der Waals surface area (Å²) in [5.41, 5.74) is 10.6. The van der Waals surface area contributed by atoms with Crippen molar-refractivity contribution in [2.24, 2.45) is 22.4 Å². The molecule has 9 N–H and O–H groups in total. The number of hydrogen-bond donors (Lipinski definition) is 7. The molecule has 3 atom stereocenters. The maximum Gasteiger partial charge on any atom is 0.332 e. The predicted octanol–water partition coefficient (Wildman–Crippen LogP) is -0.377. The zero-order valence-corrected chi connectivity index (χ0v) is 17.6. The third kappa shape index (κ3) is 5.03. The number of guanidine groups is 1. The van der Waals surface area contributed by atoms with Crippen LogP contribution >= 0.6 is 11.3 Å². The van der Waals surface area contributed by atoms with Crippen LogP contribution in [0.1, 0.15) is 35.4 Å². The van der Waals surface area contributed by atoms with Gasteiger partial charge < -0.3 is 32.3 Å². The number of carbonyl (C=O) groups excluding carboxylic acids is 1. The molecule has 1 aromatic heterocycles. The van der Waals surface area contributed by atoms with Gasteiger partial charge in [-0.05, 0) is 43.2 Å². The van der Waals surface area contributed by atoms with E-state index in [1.54, 1.807) is 11.4 Å². The van der Waals surface area contributed by atoms with Crippen molar-refractivity contribution in [2.75, 3.05) is 13.1 Å². The highest BCUT2D eigenvalue weighted by Gasteiger charge is 2.46. The van der Waals surface area contributed by atoms with Gasteiger partial charge in [-0.15, -0.1) is 11.3 Å². The molecule has 3 heterocycles. The Labute approximate surface area is 182 Å². The second kappa shape index (κ2) is 9.45. The molecular weight excluding hydrogens is 424 g/mol. The molecule has 11 nitrogen and oxygen atoms in total. The highest BCUT2D eigenvalue weighted by molar-refractivity contribution is 7.12. The number of nitrogens with one attached hydrogen (secondary N) is 3. The molecule has 0 radical (unpaired) electrons. The van der Waals surface area contributed by atoms with Crippen molar-refractivity contribution in [3.8, 4) is 0 Å². The highest BCUT2D eigenvalue weighted by atomic mass is 32.1. The van der Waals surface area contributed by atoms with Gasteiger partial charge in [-0.25, -0.2) is 9.79 Å². The minimum atomic E-state index is -2.00. The number of ketones is 1. The lowest BCUT2D eigenvalue weighted by atomic mass is 9.86. The van der Waals surface area contributed by atoms with E-state index in [9.17, 15) is 19.5 Å². The van der Waals surface area contributed by atoms with E-state index >= 15 is 0 Å². The van der Waals surface area contributed by atoms with Gasteiger partial charge in [-0.2, -0.15) is 0 Å². The van der Waals surface area contributed by atoms with E-state index in [0.29, 0.717) is 19.4 Å². The molecule has 0 aliphatic carbocycles. The summed E-state index contributed by atoms with van der Waals surface area (Å²) in [4.78, 5) is 40.7. The van der Waals surface area contributed by atoms with Crippen LogP contribution < -0.4 is 27.4 Å². The molecule has 0 fully saturated rings. The fourth-order valence-electron chi connectivity index (χ4n) is 3.79. The largest absolute Gasteiger partial charge is 0.481 e. The zero-order valence-electron chi connectivity index (χ0n) is 16.8. The molecule has 0 bridgehead atoms. The molecule has 0 saturated carbocycles. The maximum atomic E-state index is 13.0. The molecule has 0 amide bonds. The van der Waals surface area contributed by atoms with Gasteiger partial charge in [0.2, 0.25) is 5.78 Å². The first-order valence-corrected chi connectivity index (χ1v) is 10.7. The van der Waals surface area contributed by atoms with Crippen molar-refractivity contribution in [2.45, 2.75) is 37.4 Å². The summed E-state index contributed by atoms with van der Waals surface area (Å²) < 4.78 is 0. The lowest BCUT2D eigenvalue weighted by molar-refractivity contribution is -0.143. The van der Waals surface area contributed by atoms with Gasteiger partial charge in [0.25, 0.3) is 0 Å². The number of hydrogen-bond acceptors (Lipinski definition) is 10. The number of rotatable bonds is 10. The normalized spacial score (nSPS) is 22.4. The summed E-state index contributed by atoms with van der Waals surface area (Å²) in [5.74, 6) is -2.07. The Morgan fingerprint density at radius 2 is 2.13 bits per heavy atom. The van der Waals surface area contributed by atoms with Crippen molar-refractivity contribution in [1.29, 1.82) is 0 Å². The molecule has 168 valence electrons. The molecule has 2 unspecified atom stereocenters. The number of carboxylic acids is 2. The van der Waals surface area contributed by atoms with Crippen LogP contribution in [0, 0.1) is 5.92 Å². The van der Waals surface area contributed by atoms with E-state index in [0.717, 1.165) is 22.7 Å². The van der Waals surface area contributed by atoms with Gasteiger partial charge in [0.1, 0.15) is 12.0 Å². The van der Waals surface area contributed by atoms with Crippen LogP contribution in [0.5, 0.6) is 0 Å². The van der Waals surface area contributed by atoms with Crippen LogP contribution in [-0.4, -0.2) is 58.7 Å². The van der Waals surface area contributed by atoms with E-state index in [2.05, 4.69) is 20.9 Å². The first-order chi connectivity index (χ1) is 14.7. The minimum Gasteiger partial charge on any atom is -0.481 e. The fraction of sp³-hybridized carbons (Fsp3) is 0.474. The van der Waals surface area contributed by atoms with Crippen LogP contribution in [0.15, 0.2) is 33.9 Å². The molecule has 2 aliphatic rings. The number of aliphatic carboxylic acids is 2. The molecule has 12 heteroatoms. The average molecular weight is 451 g/mol. The Balaban J connectivity index is 1.68. The summed E-state index contributed by atoms with van der Waals surface area (Å²) in [6.45, 7) is 0.827. The van der Waals surface area contributed by atoms with E-state index in [1.807, 2.05) is 0 Å². The molecule has 31 heavy (non-hydrogen) atoms. The smallest absolute Gasteiger partial charge is 0.332 e. The summed E-state index contributed by atoms with van der Waals surface area (Å²) in [5, 5.41) is 29.7. The second-order valence-electron chi connectivity index (χ2n) is 7.56. The van der Waals surface area contributed by atoms with Gasteiger partial charge in [0.15, 0.2) is 11.5 Å². The van der Waals surface area contributed by atoms with Crippen molar-refractivity contribution in [1.82, 2.24) is 16.0 Å². The first kappa shape index (κ1) is 22.7. The van der Waals surface area contributed by atoms with E-state index in [-0.39, 0.29) is 29.7 Å². The van der Waals surface area contributed by atoms with Crippen molar-refractivity contribution in [3.63, 3.8) is 0 Å². The monoisotopic (exact) mass is 450 g/mol. The SMILES string of the molecule is NC1=NC(N)C2=C(NCC(CCN[C@@](CCC(=O)O)(C(=O)O)C(=O)c3cccs3)C2)N1. The Bertz CT molecular complexity index is 915. The number of aliphatic imine (C=N–C) groups is 1. The Kier molecular flexibility index (Phi) is 6.93. The maximum absolute atomic E-state index is 13.0. The van der Waals surface area contributed by atoms with Crippen LogP contribution in [0.2, 0.25) is 0 Å². The summed E-state index contributed by atoms with van der Waals surface area (Å²) >= 11 is 1.12. The minimum absolute atomic E-state index is 0.122. The second-order valence-corrected chi connectivity index (χ2v) is 8.51. The van der Waals surface area contributed by atoms with Gasteiger partial charge in [-0.3, -0.25) is 14.9 Å². The molecule has 0 aromatic carbocycles. The fourth-order valence-corrected chi connectivity index (χ4v) is 4.54. The third-order valence-electron chi connectivity index (χ3n) is 5.48. The number of carbonyl (C=O) groups is 3. The molecule has 1 aromatic rings. The standard InChI is InChI=1S/C19H26N6O5S/c20-15-11-8-10(9-22-16(11)25-18(21)24-15)4-6-23-19(17(29)30,5-3-13(26)27)14(28)12-2-1-7-31-12/h1-2,7,10,15,22-23H,3-6,8-9,20H2,(H,26,27)(H,29,30)(H3,21,24,25)/t10?,15?,19-/m1/s1. The topological polar surface area (TPSA) is 192 Å². The van der Waals surface area contributed by atoms with E-state index in [4.69, 9.17) is 16.6 Å². The Morgan fingerprint density at radius 1 is 1.35 bits per heavy atom. The number of thiophene rings is 1. The third-order valence-corrected chi connectivity index (χ3v) is 6.35. The lowest BCUT2D eigenvalue weighted by Crippen LogP contribution is -2.59. The van der Waals surface area contributed by atoms with E-state index in [1.165, 1.54) is 6.07 Å². The molecule has 2 aliphatic heterocycles. The van der Waals surface area contributed by atoms with Crippen molar-refractivity contribution >= 4 is 35.0 Å². The van der Waals surface area contributed by atoms with Crippen molar-refractivity contribution < 1.29 is 24.6 Å². The average Bonchev–Trinajstić information content (AvgIpc) is 3.25. The van der Waals surface area contributed by atoms with Crippen LogP contribution in [0.3, 0.4) is 0 Å². The molecule has 3 rings (SSSR count). The van der Waals surface area contributed by atoms with E-state index < -0.39 is 35.8 Å². The first-order valence-electron chi connectivity index (χ1n) is 9.84. The van der Waals surface area contributed by atoms with Gasteiger partial charge in [-0.1, -0.05) is 6.07 Å². The number of Topliss-reactive ketones (excluding diaryl/α,β-unsaturated/α-hetero) is 1. The summed E-state index contributed by atoms with van der Waals surface area (Å²) in [6, 6.07) is 3.19. The van der Waals surface area contributed by atoms with Gasteiger partial charge >= 0.3 is 11.9 Å². The molecule has 0 spiro atoms.